The van der Waals surface area contributed by atoms with E-state index in [1.165, 1.54) is 0 Å². The first-order valence-electron chi connectivity index (χ1n) is 5.95. The van der Waals surface area contributed by atoms with Gasteiger partial charge in [0, 0.05) is 29.3 Å². The third-order valence-corrected chi connectivity index (χ3v) is 3.79. The SMILES string of the molecule is O=C(NCc1csc(-c2cccnc2)n1)C1CC1. The standard InChI is InChI=1S/C13H13N3OS/c17-12(9-3-4-9)15-7-11-8-18-13(16-11)10-2-1-5-14-6-10/h1-2,5-6,8-9H,3-4,7H2,(H,15,17). The Balaban J connectivity index is 1.64. The van der Waals surface area contributed by atoms with Crippen LogP contribution in [0.4, 0.5) is 0 Å². The Morgan fingerprint density at radius 1 is 1.50 bits per heavy atom. The van der Waals surface area contributed by atoms with Gasteiger partial charge in [0.15, 0.2) is 0 Å². The zero-order chi connectivity index (χ0) is 12.4. The van der Waals surface area contributed by atoms with Crippen LogP contribution >= 0.6 is 11.3 Å². The Morgan fingerprint density at radius 2 is 2.39 bits per heavy atom. The molecule has 0 spiro atoms. The maximum atomic E-state index is 11.5. The number of carbonyl (C=O) groups is 1. The molecule has 0 unspecified atom stereocenters. The molecule has 92 valence electrons. The average Bonchev–Trinajstić information content (AvgIpc) is 3.16. The van der Waals surface area contributed by atoms with Crippen LogP contribution in [0.5, 0.6) is 0 Å². The van der Waals surface area contributed by atoms with Crippen LogP contribution in [0.1, 0.15) is 18.5 Å². The molecule has 18 heavy (non-hydrogen) atoms. The normalized spacial score (nSPS) is 14.4. The van der Waals surface area contributed by atoms with Gasteiger partial charge >= 0.3 is 0 Å². The predicted molar refractivity (Wildman–Crippen MR) is 69.9 cm³/mol. The van der Waals surface area contributed by atoms with Crippen LogP contribution in [0.2, 0.25) is 0 Å². The van der Waals surface area contributed by atoms with E-state index >= 15 is 0 Å². The summed E-state index contributed by atoms with van der Waals surface area (Å²) in [4.78, 5) is 20.1. The van der Waals surface area contributed by atoms with E-state index in [2.05, 4.69) is 15.3 Å². The topological polar surface area (TPSA) is 54.9 Å². The molecule has 5 heteroatoms. The van der Waals surface area contributed by atoms with Gasteiger partial charge in [0.25, 0.3) is 0 Å². The molecule has 1 N–H and O–H groups in total. The fourth-order valence-electron chi connectivity index (χ4n) is 1.68. The highest BCUT2D eigenvalue weighted by Gasteiger charge is 2.29. The molecule has 0 aliphatic heterocycles. The summed E-state index contributed by atoms with van der Waals surface area (Å²) in [5.41, 5.74) is 1.93. The Kier molecular flexibility index (Phi) is 3.06. The molecule has 0 aromatic carbocycles. The molecule has 4 nitrogen and oxygen atoms in total. The van der Waals surface area contributed by atoms with Crippen molar-refractivity contribution in [3.05, 3.63) is 35.6 Å². The van der Waals surface area contributed by atoms with Gasteiger partial charge in [-0.2, -0.15) is 0 Å². The second kappa shape index (κ2) is 4.86. The van der Waals surface area contributed by atoms with Crippen molar-refractivity contribution in [2.24, 2.45) is 5.92 Å². The van der Waals surface area contributed by atoms with Crippen molar-refractivity contribution in [1.29, 1.82) is 0 Å². The van der Waals surface area contributed by atoms with Crippen LogP contribution < -0.4 is 5.32 Å². The van der Waals surface area contributed by atoms with Crippen molar-refractivity contribution in [3.63, 3.8) is 0 Å². The minimum absolute atomic E-state index is 0.158. The number of pyridine rings is 1. The summed E-state index contributed by atoms with van der Waals surface area (Å²) in [5, 5.41) is 5.84. The number of carbonyl (C=O) groups excluding carboxylic acids is 1. The van der Waals surface area contributed by atoms with E-state index in [4.69, 9.17) is 0 Å². The van der Waals surface area contributed by atoms with E-state index in [0.29, 0.717) is 6.54 Å². The number of aromatic nitrogens is 2. The first-order chi connectivity index (χ1) is 8.83. The summed E-state index contributed by atoms with van der Waals surface area (Å²) >= 11 is 1.58. The Hall–Kier alpha value is -1.75. The molecule has 1 amide bonds. The zero-order valence-electron chi connectivity index (χ0n) is 9.80. The monoisotopic (exact) mass is 259 g/mol. The quantitative estimate of drug-likeness (QED) is 0.916. The molecule has 2 heterocycles. The van der Waals surface area contributed by atoms with Gasteiger partial charge in [-0.15, -0.1) is 11.3 Å². The highest BCUT2D eigenvalue weighted by Crippen LogP contribution is 2.29. The minimum atomic E-state index is 0.158. The lowest BCUT2D eigenvalue weighted by Gasteiger charge is -2.00. The molecule has 1 fully saturated rings. The maximum absolute atomic E-state index is 11.5. The maximum Gasteiger partial charge on any atom is 0.223 e. The summed E-state index contributed by atoms with van der Waals surface area (Å²) in [5.74, 6) is 0.410. The van der Waals surface area contributed by atoms with Crippen molar-refractivity contribution in [2.75, 3.05) is 0 Å². The van der Waals surface area contributed by atoms with Gasteiger partial charge < -0.3 is 5.32 Å². The molecule has 1 aliphatic rings. The van der Waals surface area contributed by atoms with Gasteiger partial charge in [0.05, 0.1) is 12.2 Å². The molecule has 1 aliphatic carbocycles. The number of hydrogen-bond donors (Lipinski definition) is 1. The average molecular weight is 259 g/mol. The summed E-state index contributed by atoms with van der Waals surface area (Å²) < 4.78 is 0. The molecule has 2 aromatic rings. The van der Waals surface area contributed by atoms with Crippen molar-refractivity contribution >= 4 is 17.2 Å². The lowest BCUT2D eigenvalue weighted by atomic mass is 10.3. The van der Waals surface area contributed by atoms with Crippen molar-refractivity contribution < 1.29 is 4.79 Å². The van der Waals surface area contributed by atoms with Gasteiger partial charge in [-0.1, -0.05) is 0 Å². The molecular weight excluding hydrogens is 246 g/mol. The summed E-state index contributed by atoms with van der Waals surface area (Å²) in [6, 6.07) is 3.88. The van der Waals surface area contributed by atoms with Crippen LogP contribution in [0.3, 0.4) is 0 Å². The Labute approximate surface area is 109 Å². The third kappa shape index (κ3) is 2.56. The van der Waals surface area contributed by atoms with Crippen LogP contribution in [0, 0.1) is 5.92 Å². The van der Waals surface area contributed by atoms with Gasteiger partial charge in [-0.3, -0.25) is 9.78 Å². The van der Waals surface area contributed by atoms with Crippen molar-refractivity contribution in [1.82, 2.24) is 15.3 Å². The highest BCUT2D eigenvalue weighted by atomic mass is 32.1. The van der Waals surface area contributed by atoms with E-state index in [1.807, 2.05) is 17.5 Å². The third-order valence-electron chi connectivity index (χ3n) is 2.85. The second-order valence-electron chi connectivity index (χ2n) is 4.38. The number of rotatable bonds is 4. The molecule has 1 saturated carbocycles. The molecular formula is C13H13N3OS. The van der Waals surface area contributed by atoms with E-state index in [0.717, 1.165) is 29.1 Å². The van der Waals surface area contributed by atoms with Crippen LogP contribution in [0.15, 0.2) is 29.9 Å². The number of thiazole rings is 1. The number of nitrogens with zero attached hydrogens (tertiary/aromatic N) is 2. The first-order valence-corrected chi connectivity index (χ1v) is 6.83. The number of amides is 1. The Morgan fingerprint density at radius 3 is 3.11 bits per heavy atom. The van der Waals surface area contributed by atoms with E-state index in [1.54, 1.807) is 23.7 Å². The molecule has 0 saturated heterocycles. The zero-order valence-corrected chi connectivity index (χ0v) is 10.6. The predicted octanol–water partition coefficient (Wildman–Crippen LogP) is 2.23. The van der Waals surface area contributed by atoms with Crippen LogP contribution in [0.25, 0.3) is 10.6 Å². The molecule has 0 bridgehead atoms. The summed E-state index contributed by atoms with van der Waals surface area (Å²) in [6.07, 6.45) is 5.60. The lowest BCUT2D eigenvalue weighted by Crippen LogP contribution is -2.24. The second-order valence-corrected chi connectivity index (χ2v) is 5.24. The fourth-order valence-corrected chi connectivity index (χ4v) is 2.49. The van der Waals surface area contributed by atoms with E-state index in [-0.39, 0.29) is 11.8 Å². The lowest BCUT2D eigenvalue weighted by molar-refractivity contribution is -0.122. The molecule has 2 aromatic heterocycles. The van der Waals surface area contributed by atoms with Crippen LogP contribution in [-0.4, -0.2) is 15.9 Å². The Bertz CT molecular complexity index is 548. The smallest absolute Gasteiger partial charge is 0.223 e. The van der Waals surface area contributed by atoms with Crippen molar-refractivity contribution in [2.45, 2.75) is 19.4 Å². The van der Waals surface area contributed by atoms with Crippen LogP contribution in [-0.2, 0) is 11.3 Å². The molecule has 0 atom stereocenters. The first kappa shape index (κ1) is 11.3. The summed E-state index contributed by atoms with van der Waals surface area (Å²) in [6.45, 7) is 0.520. The van der Waals surface area contributed by atoms with E-state index < -0.39 is 0 Å². The van der Waals surface area contributed by atoms with E-state index in [9.17, 15) is 4.79 Å². The fraction of sp³-hybridized carbons (Fsp3) is 0.308. The van der Waals surface area contributed by atoms with Crippen molar-refractivity contribution in [3.8, 4) is 10.6 Å². The van der Waals surface area contributed by atoms with Gasteiger partial charge in [-0.05, 0) is 25.0 Å². The molecule has 0 radical (unpaired) electrons. The van der Waals surface area contributed by atoms with Gasteiger partial charge in [0.1, 0.15) is 5.01 Å². The number of hydrogen-bond acceptors (Lipinski definition) is 4. The van der Waals surface area contributed by atoms with Gasteiger partial charge in [0.2, 0.25) is 5.91 Å². The minimum Gasteiger partial charge on any atom is -0.350 e. The molecule has 3 rings (SSSR count). The largest absolute Gasteiger partial charge is 0.350 e. The summed E-state index contributed by atoms with van der Waals surface area (Å²) in [7, 11) is 0. The van der Waals surface area contributed by atoms with Gasteiger partial charge in [-0.25, -0.2) is 4.98 Å². The highest BCUT2D eigenvalue weighted by molar-refractivity contribution is 7.13. The number of nitrogens with one attached hydrogen (secondary N) is 1.